The Balaban J connectivity index is 1.66. The highest BCUT2D eigenvalue weighted by Crippen LogP contribution is 2.33. The second-order valence-corrected chi connectivity index (χ2v) is 8.09. The highest BCUT2D eigenvalue weighted by atomic mass is 32.1. The van der Waals surface area contributed by atoms with E-state index in [9.17, 15) is 9.59 Å². The second kappa shape index (κ2) is 7.52. The predicted molar refractivity (Wildman–Crippen MR) is 121 cm³/mol. The molecule has 0 saturated heterocycles. The average molecular weight is 430 g/mol. The monoisotopic (exact) mass is 430 g/mol. The van der Waals surface area contributed by atoms with Crippen molar-refractivity contribution in [1.29, 1.82) is 0 Å². The van der Waals surface area contributed by atoms with Gasteiger partial charge in [0.05, 0.1) is 11.9 Å². The lowest BCUT2D eigenvalue weighted by Crippen LogP contribution is -2.25. The van der Waals surface area contributed by atoms with E-state index in [0.29, 0.717) is 28.2 Å². The lowest BCUT2D eigenvalue weighted by atomic mass is 10.0. The van der Waals surface area contributed by atoms with Crippen molar-refractivity contribution in [2.24, 2.45) is 0 Å². The van der Waals surface area contributed by atoms with Crippen LogP contribution in [0.2, 0.25) is 0 Å². The molecule has 5 aromatic rings. The summed E-state index contributed by atoms with van der Waals surface area (Å²) in [5.41, 5.74) is 1.66. The summed E-state index contributed by atoms with van der Waals surface area (Å²) in [6, 6.07) is 17.2. The van der Waals surface area contributed by atoms with E-state index >= 15 is 0 Å². The molecule has 0 aliphatic heterocycles. The van der Waals surface area contributed by atoms with Gasteiger partial charge in [-0.25, -0.2) is 9.78 Å². The Hall–Kier alpha value is -3.71. The molecule has 6 nitrogen and oxygen atoms in total. The number of rotatable bonds is 5. The van der Waals surface area contributed by atoms with Crippen LogP contribution in [0.5, 0.6) is 0 Å². The van der Waals surface area contributed by atoms with Crippen molar-refractivity contribution < 1.29 is 14.3 Å². The third-order valence-electron chi connectivity index (χ3n) is 5.34. The zero-order valence-corrected chi connectivity index (χ0v) is 17.5. The average Bonchev–Trinajstić information content (AvgIpc) is 3.42. The van der Waals surface area contributed by atoms with Gasteiger partial charge >= 0.3 is 5.97 Å². The quantitative estimate of drug-likeness (QED) is 0.415. The van der Waals surface area contributed by atoms with E-state index in [-0.39, 0.29) is 17.9 Å². The number of carbonyl (C=O) groups is 1. The summed E-state index contributed by atoms with van der Waals surface area (Å²) >= 11 is 1.46. The molecule has 0 spiro atoms. The van der Waals surface area contributed by atoms with Gasteiger partial charge in [-0.05, 0) is 34.5 Å². The molecule has 154 valence electrons. The molecule has 31 heavy (non-hydrogen) atoms. The van der Waals surface area contributed by atoms with Crippen molar-refractivity contribution in [2.75, 3.05) is 0 Å². The highest BCUT2D eigenvalue weighted by molar-refractivity contribution is 7.17. The number of benzene rings is 2. The maximum absolute atomic E-state index is 13.5. The highest BCUT2D eigenvalue weighted by Gasteiger charge is 2.18. The number of fused-ring (bicyclic) bond motifs is 2. The smallest absolute Gasteiger partial charge is 0.371 e. The first-order valence-corrected chi connectivity index (χ1v) is 10.7. The standard InChI is InChI=1S/C24H18N2O4S/c1-2-20-25-22-21(23(27)26(20)12-17-9-10-19(30-17)24(28)29)18(13-31-22)16-8-7-14-5-3-4-6-15(14)11-16/h3-11,13H,2,12H2,1H3,(H,28,29). The van der Waals surface area contributed by atoms with Crippen molar-refractivity contribution in [3.8, 4) is 11.1 Å². The lowest BCUT2D eigenvalue weighted by Gasteiger charge is -2.10. The van der Waals surface area contributed by atoms with Crippen molar-refractivity contribution in [1.82, 2.24) is 9.55 Å². The number of nitrogens with zero attached hydrogens (tertiary/aromatic N) is 2. The molecule has 0 saturated carbocycles. The van der Waals surface area contributed by atoms with Gasteiger partial charge in [0.1, 0.15) is 16.4 Å². The number of carboxylic acids is 1. The van der Waals surface area contributed by atoms with Crippen LogP contribution < -0.4 is 5.56 Å². The molecule has 3 aromatic heterocycles. The van der Waals surface area contributed by atoms with Crippen LogP contribution in [-0.2, 0) is 13.0 Å². The molecule has 0 bridgehead atoms. The Labute approximate surface area is 181 Å². The Morgan fingerprint density at radius 1 is 1.13 bits per heavy atom. The second-order valence-electron chi connectivity index (χ2n) is 7.24. The van der Waals surface area contributed by atoms with E-state index in [1.807, 2.05) is 30.5 Å². The number of hydrogen-bond acceptors (Lipinski definition) is 5. The molecule has 0 fully saturated rings. The van der Waals surface area contributed by atoms with Gasteiger partial charge in [0.15, 0.2) is 0 Å². The fourth-order valence-corrected chi connectivity index (χ4v) is 4.76. The number of aromatic carboxylic acids is 1. The van der Waals surface area contributed by atoms with Crippen LogP contribution in [-0.4, -0.2) is 20.6 Å². The van der Waals surface area contributed by atoms with Gasteiger partial charge in [-0.15, -0.1) is 11.3 Å². The van der Waals surface area contributed by atoms with Crippen LogP contribution in [0.15, 0.2) is 69.2 Å². The van der Waals surface area contributed by atoms with E-state index in [1.165, 1.54) is 17.4 Å². The van der Waals surface area contributed by atoms with Crippen molar-refractivity contribution in [3.05, 3.63) is 87.7 Å². The number of thiophene rings is 1. The van der Waals surface area contributed by atoms with Gasteiger partial charge in [0, 0.05) is 17.4 Å². The Morgan fingerprint density at radius 2 is 1.94 bits per heavy atom. The molecule has 0 aliphatic rings. The van der Waals surface area contributed by atoms with Crippen LogP contribution >= 0.6 is 11.3 Å². The van der Waals surface area contributed by atoms with E-state index in [1.54, 1.807) is 10.6 Å². The third kappa shape index (κ3) is 3.33. The Morgan fingerprint density at radius 3 is 2.68 bits per heavy atom. The summed E-state index contributed by atoms with van der Waals surface area (Å²) in [6.45, 7) is 2.07. The van der Waals surface area contributed by atoms with Crippen LogP contribution in [0.3, 0.4) is 0 Å². The zero-order chi connectivity index (χ0) is 21.5. The molecule has 3 heterocycles. The maximum atomic E-state index is 13.5. The van der Waals surface area contributed by atoms with Gasteiger partial charge in [-0.3, -0.25) is 9.36 Å². The third-order valence-corrected chi connectivity index (χ3v) is 6.21. The van der Waals surface area contributed by atoms with Gasteiger partial charge in [-0.1, -0.05) is 43.3 Å². The molecule has 7 heteroatoms. The molecular weight excluding hydrogens is 412 g/mol. The first-order valence-electron chi connectivity index (χ1n) is 9.87. The molecule has 2 aromatic carbocycles. The molecule has 0 radical (unpaired) electrons. The van der Waals surface area contributed by atoms with Gasteiger partial charge in [0.25, 0.3) is 5.56 Å². The minimum atomic E-state index is -1.14. The first-order chi connectivity index (χ1) is 15.0. The number of hydrogen-bond donors (Lipinski definition) is 1. The summed E-state index contributed by atoms with van der Waals surface area (Å²) in [4.78, 5) is 30.1. The normalized spacial score (nSPS) is 11.4. The van der Waals surface area contributed by atoms with Crippen LogP contribution in [0.4, 0.5) is 0 Å². The number of furan rings is 1. The summed E-state index contributed by atoms with van der Waals surface area (Å²) < 4.78 is 6.95. The lowest BCUT2D eigenvalue weighted by molar-refractivity contribution is 0.0660. The minimum absolute atomic E-state index is 0.130. The van der Waals surface area contributed by atoms with E-state index < -0.39 is 5.97 Å². The van der Waals surface area contributed by atoms with Crippen LogP contribution in [0, 0.1) is 0 Å². The van der Waals surface area contributed by atoms with Gasteiger partial charge < -0.3 is 9.52 Å². The molecule has 0 amide bonds. The van der Waals surface area contributed by atoms with E-state index in [4.69, 9.17) is 14.5 Å². The first kappa shape index (κ1) is 19.3. The molecule has 0 atom stereocenters. The van der Waals surface area contributed by atoms with Crippen molar-refractivity contribution in [3.63, 3.8) is 0 Å². The SMILES string of the molecule is CCc1nc2scc(-c3ccc4ccccc4c3)c2c(=O)n1Cc1ccc(C(=O)O)o1. The summed E-state index contributed by atoms with van der Waals surface area (Å²) in [5, 5.41) is 13.9. The zero-order valence-electron chi connectivity index (χ0n) is 16.7. The fraction of sp³-hybridized carbons (Fsp3) is 0.125. The van der Waals surface area contributed by atoms with Crippen molar-refractivity contribution >= 4 is 38.3 Å². The topological polar surface area (TPSA) is 85.3 Å². The summed E-state index contributed by atoms with van der Waals surface area (Å²) in [5.74, 6) is -0.252. The molecular formula is C24H18N2O4S. The molecule has 1 N–H and O–H groups in total. The summed E-state index contributed by atoms with van der Waals surface area (Å²) in [7, 11) is 0. The van der Waals surface area contributed by atoms with Crippen molar-refractivity contribution in [2.45, 2.75) is 19.9 Å². The number of carboxylic acid groups (broad SMARTS) is 1. The molecule has 0 aliphatic carbocycles. The molecule has 0 unspecified atom stereocenters. The summed E-state index contributed by atoms with van der Waals surface area (Å²) in [6.07, 6.45) is 0.570. The van der Waals surface area contributed by atoms with Gasteiger partial charge in [-0.2, -0.15) is 0 Å². The van der Waals surface area contributed by atoms with E-state index in [2.05, 4.69) is 24.3 Å². The van der Waals surface area contributed by atoms with E-state index in [0.717, 1.165) is 21.9 Å². The Kier molecular flexibility index (Phi) is 4.67. The largest absolute Gasteiger partial charge is 0.475 e. The predicted octanol–water partition coefficient (Wildman–Crippen LogP) is 5.18. The Bertz CT molecular complexity index is 1510. The maximum Gasteiger partial charge on any atom is 0.371 e. The van der Waals surface area contributed by atoms with Crippen LogP contribution in [0.25, 0.3) is 32.1 Å². The minimum Gasteiger partial charge on any atom is -0.475 e. The molecule has 5 rings (SSSR count). The number of aromatic nitrogens is 2. The fourth-order valence-electron chi connectivity index (χ4n) is 3.80. The van der Waals surface area contributed by atoms with Gasteiger partial charge in [0.2, 0.25) is 5.76 Å². The van der Waals surface area contributed by atoms with Crippen LogP contribution in [0.1, 0.15) is 29.1 Å². The number of aryl methyl sites for hydroxylation is 1.